The summed E-state index contributed by atoms with van der Waals surface area (Å²) in [4.78, 5) is 9.89. The van der Waals surface area contributed by atoms with Crippen LogP contribution in [0.4, 0.5) is 0 Å². The van der Waals surface area contributed by atoms with Crippen LogP contribution in [0.2, 0.25) is 0 Å². The molecule has 5 rings (SSSR count). The highest BCUT2D eigenvalue weighted by Gasteiger charge is 2.31. The third kappa shape index (κ3) is 6.11. The average molecular weight is 577 g/mol. The third-order valence-electron chi connectivity index (χ3n) is 7.61. The van der Waals surface area contributed by atoms with Crippen molar-refractivity contribution in [2.45, 2.75) is 18.4 Å². The number of dihydropyridines is 1. The van der Waals surface area contributed by atoms with Gasteiger partial charge in [-0.15, -0.1) is 0 Å². The molecule has 3 aromatic carbocycles. The van der Waals surface area contributed by atoms with Crippen molar-refractivity contribution in [2.75, 3.05) is 35.5 Å². The monoisotopic (exact) mass is 576 g/mol. The lowest BCUT2D eigenvalue weighted by Gasteiger charge is -2.31. The van der Waals surface area contributed by atoms with Gasteiger partial charge >= 0.3 is 0 Å². The highest BCUT2D eigenvalue weighted by molar-refractivity contribution is 5.81. The molecular weight excluding hydrogens is 540 g/mol. The largest absolute Gasteiger partial charge is 0.493 e. The van der Waals surface area contributed by atoms with Gasteiger partial charge in [-0.3, -0.25) is 9.98 Å². The predicted molar refractivity (Wildman–Crippen MR) is 171 cm³/mol. The van der Waals surface area contributed by atoms with E-state index in [2.05, 4.69) is 43.4 Å². The highest BCUT2D eigenvalue weighted by Crippen LogP contribution is 2.44. The van der Waals surface area contributed by atoms with Crippen molar-refractivity contribution in [3.05, 3.63) is 113 Å². The first-order chi connectivity index (χ1) is 20.9. The second kappa shape index (κ2) is 12.9. The van der Waals surface area contributed by atoms with Crippen molar-refractivity contribution in [2.24, 2.45) is 4.99 Å². The summed E-state index contributed by atoms with van der Waals surface area (Å²) >= 11 is 0. The molecule has 0 fully saturated rings. The number of methoxy groups -OCH3 is 5. The van der Waals surface area contributed by atoms with Gasteiger partial charge in [0.2, 0.25) is 5.75 Å². The van der Waals surface area contributed by atoms with Gasteiger partial charge in [0, 0.05) is 23.4 Å². The van der Waals surface area contributed by atoms with E-state index in [9.17, 15) is 0 Å². The zero-order chi connectivity index (χ0) is 30.4. The summed E-state index contributed by atoms with van der Waals surface area (Å²) in [5.41, 5.74) is 5.33. The van der Waals surface area contributed by atoms with E-state index in [1.807, 2.05) is 67.0 Å². The van der Waals surface area contributed by atoms with Gasteiger partial charge in [0.25, 0.3) is 0 Å². The Balaban J connectivity index is 1.54. The summed E-state index contributed by atoms with van der Waals surface area (Å²) in [5.74, 6) is 3.08. The van der Waals surface area contributed by atoms with E-state index in [-0.39, 0.29) is 6.04 Å². The fraction of sp³-hybridized carbons (Fsp3) is 0.222. The van der Waals surface area contributed by atoms with Crippen LogP contribution in [0, 0.1) is 0 Å². The number of ether oxygens (including phenoxy) is 5. The van der Waals surface area contributed by atoms with Crippen LogP contribution in [-0.2, 0) is 5.41 Å². The Morgan fingerprint density at radius 1 is 0.698 bits per heavy atom. The van der Waals surface area contributed by atoms with Crippen molar-refractivity contribution < 1.29 is 23.7 Å². The third-order valence-corrected chi connectivity index (χ3v) is 7.61. The molecule has 0 aliphatic carbocycles. The molecule has 0 bridgehead atoms. The summed E-state index contributed by atoms with van der Waals surface area (Å²) in [6.07, 6.45) is 10.4. The first-order valence-electron chi connectivity index (χ1n) is 13.9. The number of aliphatic imine (C=N–C) groups is 1. The molecule has 43 heavy (non-hydrogen) atoms. The molecule has 0 radical (unpaired) electrons. The molecule has 4 aromatic rings. The molecule has 220 valence electrons. The maximum Gasteiger partial charge on any atom is 0.203 e. The predicted octanol–water partition coefficient (Wildman–Crippen LogP) is 7.51. The Labute approximate surface area is 253 Å². The molecule has 7 nitrogen and oxygen atoms in total. The number of benzene rings is 3. The average Bonchev–Trinajstić information content (AvgIpc) is 3.06. The van der Waals surface area contributed by atoms with E-state index in [0.29, 0.717) is 28.7 Å². The standard InChI is InChI=1S/C36H36N2O5/c1-36(28-19-32(41-4)35(43-6)33(20-28)42-5)21-26(13-12-24-10-8-7-9-11-24)34(38-23-36)27-14-16-29(37-22-27)25-15-17-30(39-2)31(18-25)40-3/h7-23,34H,1-6H3/b13-12+. The second-order valence-electron chi connectivity index (χ2n) is 10.3. The molecule has 1 aliphatic heterocycles. The van der Waals surface area contributed by atoms with Crippen LogP contribution in [0.1, 0.15) is 29.7 Å². The van der Waals surface area contributed by atoms with Gasteiger partial charge < -0.3 is 23.7 Å². The SMILES string of the molecule is COc1ccc(-c2ccc(C3N=CC(C)(c4cc(OC)c(OC)c(OC)c4)C=C3/C=C/c3ccccc3)cn2)cc1OC. The minimum atomic E-state index is -0.535. The zero-order valence-electron chi connectivity index (χ0n) is 25.3. The Morgan fingerprint density at radius 3 is 2.00 bits per heavy atom. The van der Waals surface area contributed by atoms with E-state index < -0.39 is 5.41 Å². The van der Waals surface area contributed by atoms with Gasteiger partial charge in [-0.05, 0) is 65.6 Å². The van der Waals surface area contributed by atoms with Crippen molar-refractivity contribution >= 4 is 12.3 Å². The van der Waals surface area contributed by atoms with Crippen LogP contribution in [0.15, 0.2) is 102 Å². The van der Waals surface area contributed by atoms with Crippen LogP contribution in [-0.4, -0.2) is 46.7 Å². The number of nitrogens with zero attached hydrogens (tertiary/aromatic N) is 2. The molecule has 0 saturated heterocycles. The first kappa shape index (κ1) is 29.5. The summed E-state index contributed by atoms with van der Waals surface area (Å²) < 4.78 is 27.7. The number of hydrogen-bond acceptors (Lipinski definition) is 7. The van der Waals surface area contributed by atoms with Gasteiger partial charge in [0.1, 0.15) is 6.04 Å². The van der Waals surface area contributed by atoms with Crippen molar-refractivity contribution in [1.82, 2.24) is 4.98 Å². The number of rotatable bonds is 10. The van der Waals surface area contributed by atoms with E-state index >= 15 is 0 Å². The van der Waals surface area contributed by atoms with Crippen LogP contribution in [0.5, 0.6) is 28.7 Å². The quantitative estimate of drug-likeness (QED) is 0.195. The van der Waals surface area contributed by atoms with E-state index in [1.54, 1.807) is 35.5 Å². The normalized spacial score (nSPS) is 17.8. The summed E-state index contributed by atoms with van der Waals surface area (Å²) in [6.45, 7) is 2.13. The fourth-order valence-electron chi connectivity index (χ4n) is 5.24. The topological polar surface area (TPSA) is 71.4 Å². The Bertz CT molecular complexity index is 1640. The van der Waals surface area contributed by atoms with Crippen LogP contribution in [0.25, 0.3) is 17.3 Å². The highest BCUT2D eigenvalue weighted by atomic mass is 16.5. The smallest absolute Gasteiger partial charge is 0.203 e. The van der Waals surface area contributed by atoms with Crippen molar-refractivity contribution in [3.8, 4) is 40.0 Å². The number of allylic oxidation sites excluding steroid dienone is 1. The van der Waals surface area contributed by atoms with Crippen molar-refractivity contribution in [3.63, 3.8) is 0 Å². The molecule has 2 heterocycles. The lowest BCUT2D eigenvalue weighted by Crippen LogP contribution is -2.26. The van der Waals surface area contributed by atoms with Gasteiger partial charge in [0.05, 0.1) is 41.2 Å². The van der Waals surface area contributed by atoms with Gasteiger partial charge in [0.15, 0.2) is 23.0 Å². The minimum Gasteiger partial charge on any atom is -0.493 e. The summed E-state index contributed by atoms with van der Waals surface area (Å²) in [5, 5.41) is 0. The number of hydrogen-bond donors (Lipinski definition) is 0. The number of pyridine rings is 1. The van der Waals surface area contributed by atoms with E-state index in [0.717, 1.165) is 33.5 Å². The molecule has 0 spiro atoms. The van der Waals surface area contributed by atoms with Crippen molar-refractivity contribution in [1.29, 1.82) is 0 Å². The molecule has 1 aromatic heterocycles. The molecular formula is C36H36N2O5. The van der Waals surface area contributed by atoms with Gasteiger partial charge in [-0.25, -0.2) is 0 Å². The second-order valence-corrected chi connectivity index (χ2v) is 10.3. The molecule has 0 saturated carbocycles. The van der Waals surface area contributed by atoms with Crippen LogP contribution < -0.4 is 23.7 Å². The summed E-state index contributed by atoms with van der Waals surface area (Å²) in [7, 11) is 8.10. The van der Waals surface area contributed by atoms with Crippen LogP contribution >= 0.6 is 0 Å². The fourth-order valence-corrected chi connectivity index (χ4v) is 5.24. The van der Waals surface area contributed by atoms with Gasteiger partial charge in [-0.2, -0.15) is 0 Å². The van der Waals surface area contributed by atoms with E-state index in [4.69, 9.17) is 33.7 Å². The van der Waals surface area contributed by atoms with Crippen LogP contribution in [0.3, 0.4) is 0 Å². The lowest BCUT2D eigenvalue weighted by atomic mass is 9.78. The van der Waals surface area contributed by atoms with E-state index in [1.165, 1.54) is 0 Å². The maximum absolute atomic E-state index is 5.65. The molecule has 2 unspecified atom stereocenters. The molecule has 7 heteroatoms. The Kier molecular flexibility index (Phi) is 8.81. The molecule has 0 amide bonds. The molecule has 0 N–H and O–H groups in total. The Morgan fingerprint density at radius 2 is 1.40 bits per heavy atom. The number of aromatic nitrogens is 1. The summed E-state index contributed by atoms with van der Waals surface area (Å²) in [6, 6.07) is 23.8. The zero-order valence-corrected chi connectivity index (χ0v) is 25.3. The van der Waals surface area contributed by atoms with Gasteiger partial charge in [-0.1, -0.05) is 54.6 Å². The maximum atomic E-state index is 5.65. The first-order valence-corrected chi connectivity index (χ1v) is 13.9. The molecule has 2 atom stereocenters. The lowest BCUT2D eigenvalue weighted by molar-refractivity contribution is 0.323. The minimum absolute atomic E-state index is 0.234. The Hall–Kier alpha value is -5.04. The molecule has 1 aliphatic rings.